The minimum atomic E-state index is -1.67. The molecule has 0 radical (unpaired) electrons. The molecule has 14 atom stereocenters. The molecule has 6 rings (SSSR count). The smallest absolute Gasteiger partial charge is 0.338 e. The Hall–Kier alpha value is -1.39. The predicted molar refractivity (Wildman–Crippen MR) is 151 cm³/mol. The Kier molecular flexibility index (Phi) is 6.79. The number of Topliss-reactive ketones (excluding diaryl/α,β-unsaturated/α-hetero) is 2. The average Bonchev–Trinajstić information content (AvgIpc) is 3.79. The van der Waals surface area contributed by atoms with Crippen molar-refractivity contribution in [2.75, 3.05) is 0 Å². The first kappa shape index (κ1) is 30.6. The summed E-state index contributed by atoms with van der Waals surface area (Å²) in [6, 6.07) is 0. The number of fused-ring (bicyclic) bond motifs is 2. The number of hydrogen-bond acceptors (Lipinski definition) is 9. The first-order valence-corrected chi connectivity index (χ1v) is 16.1. The maximum absolute atomic E-state index is 14.3. The summed E-state index contributed by atoms with van der Waals surface area (Å²) in [6.45, 7) is 15.1. The lowest BCUT2D eigenvalue weighted by Gasteiger charge is -2.56. The molecule has 3 N–H and O–H groups in total. The predicted octanol–water partition coefficient (Wildman–Crippen LogP) is 2.99. The molecule has 9 nitrogen and oxygen atoms in total. The summed E-state index contributed by atoms with van der Waals surface area (Å²) >= 11 is 0. The lowest BCUT2D eigenvalue weighted by atomic mass is 9.43. The number of aliphatic hydroxyl groups is 3. The Morgan fingerprint density at radius 2 is 1.69 bits per heavy atom. The van der Waals surface area contributed by atoms with Crippen LogP contribution in [0.15, 0.2) is 0 Å². The quantitative estimate of drug-likeness (QED) is 0.287. The molecule has 4 aliphatic carbocycles. The number of esters is 1. The number of ether oxygens (including phenoxy) is 3. The topological polar surface area (TPSA) is 146 Å². The van der Waals surface area contributed by atoms with E-state index in [9.17, 15) is 29.7 Å². The van der Waals surface area contributed by atoms with Gasteiger partial charge in [-0.3, -0.25) is 9.59 Å². The molecule has 14 unspecified atom stereocenters. The highest BCUT2D eigenvalue weighted by atomic mass is 16.7. The molecule has 6 fully saturated rings. The van der Waals surface area contributed by atoms with Gasteiger partial charge in [-0.2, -0.15) is 0 Å². The van der Waals surface area contributed by atoms with Crippen LogP contribution in [0, 0.1) is 46.3 Å². The highest BCUT2D eigenvalue weighted by molar-refractivity contribution is 5.94. The fourth-order valence-corrected chi connectivity index (χ4v) is 10.3. The van der Waals surface area contributed by atoms with Crippen molar-refractivity contribution in [2.45, 2.75) is 141 Å². The molecule has 0 aromatic heterocycles. The largest absolute Gasteiger partial charge is 0.460 e. The van der Waals surface area contributed by atoms with Gasteiger partial charge in [0.2, 0.25) is 0 Å². The Bertz CT molecular complexity index is 1180. The molecule has 0 bridgehead atoms. The summed E-state index contributed by atoms with van der Waals surface area (Å²) in [5.41, 5.74) is -3.72. The van der Waals surface area contributed by atoms with Gasteiger partial charge in [-0.15, -0.1) is 0 Å². The van der Waals surface area contributed by atoms with Crippen LogP contribution in [-0.4, -0.2) is 80.2 Å². The van der Waals surface area contributed by atoms with Crippen molar-refractivity contribution < 1.29 is 43.9 Å². The van der Waals surface area contributed by atoms with Gasteiger partial charge < -0.3 is 29.5 Å². The van der Waals surface area contributed by atoms with Crippen molar-refractivity contribution >= 4 is 17.5 Å². The third-order valence-electron chi connectivity index (χ3n) is 13.4. The van der Waals surface area contributed by atoms with Gasteiger partial charge in [0.1, 0.15) is 29.5 Å². The number of epoxide rings is 2. The zero-order valence-electron chi connectivity index (χ0n) is 26.4. The average molecular weight is 591 g/mol. The Morgan fingerprint density at radius 1 is 1.02 bits per heavy atom. The number of rotatable bonds is 8. The molecule has 2 aliphatic heterocycles. The molecule has 4 saturated carbocycles. The second-order valence-electron chi connectivity index (χ2n) is 16.1. The minimum absolute atomic E-state index is 0.0657. The number of aliphatic hydroxyl groups excluding tert-OH is 2. The molecule has 9 heteroatoms. The lowest BCUT2D eigenvalue weighted by molar-refractivity contribution is -0.179. The minimum Gasteiger partial charge on any atom is -0.460 e. The van der Waals surface area contributed by atoms with Crippen LogP contribution in [-0.2, 0) is 28.6 Å². The molecule has 236 valence electrons. The van der Waals surface area contributed by atoms with Crippen LogP contribution in [0.4, 0.5) is 0 Å². The Labute approximate surface area is 249 Å². The number of carbonyl (C=O) groups excluding carboxylic acids is 3. The van der Waals surface area contributed by atoms with E-state index in [1.54, 1.807) is 0 Å². The van der Waals surface area contributed by atoms with E-state index in [0.29, 0.717) is 19.3 Å². The number of ketones is 2. The summed E-state index contributed by atoms with van der Waals surface area (Å²) in [5.74, 6) is -1.30. The van der Waals surface area contributed by atoms with Gasteiger partial charge in [0.15, 0.2) is 17.7 Å². The first-order valence-electron chi connectivity index (χ1n) is 16.1. The van der Waals surface area contributed by atoms with Gasteiger partial charge in [0, 0.05) is 17.8 Å². The van der Waals surface area contributed by atoms with Gasteiger partial charge in [-0.25, -0.2) is 4.79 Å². The fraction of sp³-hybridized carbons (Fsp3) is 0.909. The molecule has 0 aromatic rings. The molecular formula is C33H50O9. The third kappa shape index (κ3) is 3.82. The van der Waals surface area contributed by atoms with Crippen LogP contribution in [0.3, 0.4) is 0 Å². The van der Waals surface area contributed by atoms with Gasteiger partial charge >= 0.3 is 5.97 Å². The van der Waals surface area contributed by atoms with Gasteiger partial charge in [0.25, 0.3) is 0 Å². The highest BCUT2D eigenvalue weighted by Gasteiger charge is 2.91. The van der Waals surface area contributed by atoms with E-state index in [0.717, 1.165) is 19.3 Å². The summed E-state index contributed by atoms with van der Waals surface area (Å²) in [7, 11) is 0. The third-order valence-corrected chi connectivity index (χ3v) is 13.4. The van der Waals surface area contributed by atoms with E-state index in [4.69, 9.17) is 14.2 Å². The van der Waals surface area contributed by atoms with E-state index in [1.165, 1.54) is 13.8 Å². The van der Waals surface area contributed by atoms with E-state index in [2.05, 4.69) is 13.8 Å². The summed E-state index contributed by atoms with van der Waals surface area (Å²) < 4.78 is 18.7. The number of carbonyl (C=O) groups is 3. The maximum Gasteiger partial charge on any atom is 0.338 e. The molecule has 6 aliphatic rings. The number of hydrogen-bond donors (Lipinski definition) is 3. The van der Waals surface area contributed by atoms with Crippen molar-refractivity contribution in [1.82, 2.24) is 0 Å². The van der Waals surface area contributed by atoms with Crippen molar-refractivity contribution in [3.8, 4) is 0 Å². The van der Waals surface area contributed by atoms with Crippen molar-refractivity contribution in [1.29, 1.82) is 0 Å². The molecule has 0 aromatic carbocycles. The van der Waals surface area contributed by atoms with Crippen LogP contribution in [0.2, 0.25) is 0 Å². The van der Waals surface area contributed by atoms with Gasteiger partial charge in [-0.05, 0) is 75.0 Å². The van der Waals surface area contributed by atoms with E-state index in [1.807, 2.05) is 27.7 Å². The second kappa shape index (κ2) is 9.32. The first-order chi connectivity index (χ1) is 19.4. The molecule has 2 saturated heterocycles. The van der Waals surface area contributed by atoms with Crippen LogP contribution in [0.25, 0.3) is 0 Å². The molecule has 2 heterocycles. The second-order valence-corrected chi connectivity index (χ2v) is 16.1. The molecule has 2 spiro atoms. The van der Waals surface area contributed by atoms with Gasteiger partial charge in [0.05, 0.1) is 17.6 Å². The normalized spacial score (nSPS) is 48.0. The van der Waals surface area contributed by atoms with E-state index in [-0.39, 0.29) is 58.6 Å². The maximum atomic E-state index is 14.3. The van der Waals surface area contributed by atoms with Crippen LogP contribution < -0.4 is 0 Å². The molecular weight excluding hydrogens is 540 g/mol. The highest BCUT2D eigenvalue weighted by Crippen LogP contribution is 2.80. The van der Waals surface area contributed by atoms with Crippen molar-refractivity contribution in [3.63, 3.8) is 0 Å². The van der Waals surface area contributed by atoms with Gasteiger partial charge in [-0.1, -0.05) is 41.5 Å². The van der Waals surface area contributed by atoms with Crippen LogP contribution in [0.5, 0.6) is 0 Å². The van der Waals surface area contributed by atoms with E-state index < -0.39 is 52.6 Å². The Balaban J connectivity index is 1.23. The Morgan fingerprint density at radius 3 is 2.31 bits per heavy atom. The zero-order chi connectivity index (χ0) is 30.9. The molecule has 0 amide bonds. The summed E-state index contributed by atoms with van der Waals surface area (Å²) in [4.78, 5) is 40.3. The zero-order valence-corrected chi connectivity index (χ0v) is 26.4. The fourth-order valence-electron chi connectivity index (χ4n) is 10.3. The van der Waals surface area contributed by atoms with Crippen molar-refractivity contribution in [2.24, 2.45) is 46.3 Å². The van der Waals surface area contributed by atoms with E-state index >= 15 is 0 Å². The molecule has 42 heavy (non-hydrogen) atoms. The summed E-state index contributed by atoms with van der Waals surface area (Å²) in [5, 5.41) is 31.2. The van der Waals surface area contributed by atoms with Crippen LogP contribution >= 0.6 is 0 Å². The monoisotopic (exact) mass is 590 g/mol. The summed E-state index contributed by atoms with van der Waals surface area (Å²) in [6.07, 6.45) is 0.141. The SMILES string of the molecule is CC(C)C(C)C(O)C(=O)C(C)C1CCC2C3C(=O)C4OC45CC(OC(=O)C(O)C(C)(C)O)CCC5(C)C34OC4CC12C. The van der Waals surface area contributed by atoms with Crippen LogP contribution in [0.1, 0.15) is 93.9 Å². The van der Waals surface area contributed by atoms with Crippen molar-refractivity contribution in [3.05, 3.63) is 0 Å². The lowest BCUT2D eigenvalue weighted by Crippen LogP contribution is -2.67. The standard InChI is InChI=1S/C33H50O9/c1-15(2)16(3)23(34)24(35)17(4)19-9-10-20-22-25(36)27-32(42-27)13-18(40-28(38)26(37)29(5,6)39)11-12-31(32,8)33(22)21(41-33)14-30(19,20)7/h15-23,26-27,34,37,39H,9-14H2,1-8H3.